The summed E-state index contributed by atoms with van der Waals surface area (Å²) in [6.45, 7) is 5.34. The molecule has 0 aliphatic carbocycles. The molecule has 0 fully saturated rings. The Balaban J connectivity index is 1.91. The molecule has 1 aromatic carbocycles. The third kappa shape index (κ3) is 1.75. The topological polar surface area (TPSA) is 40.0 Å². The van der Waals surface area contributed by atoms with Crippen molar-refractivity contribution in [2.24, 2.45) is 11.1 Å². The average molecular weight is 231 g/mol. The van der Waals surface area contributed by atoms with Crippen LogP contribution in [0.2, 0.25) is 0 Å². The SMILES string of the molecule is C=CCOc1ccc2c(c1)OCC1CON=C21. The quantitative estimate of drug-likeness (QED) is 0.747. The van der Waals surface area contributed by atoms with Crippen molar-refractivity contribution in [2.75, 3.05) is 19.8 Å². The van der Waals surface area contributed by atoms with Crippen LogP contribution < -0.4 is 9.47 Å². The van der Waals surface area contributed by atoms with Crippen molar-refractivity contribution in [1.82, 2.24) is 0 Å². The van der Waals surface area contributed by atoms with Crippen molar-refractivity contribution in [1.29, 1.82) is 0 Å². The number of benzene rings is 1. The molecule has 88 valence electrons. The van der Waals surface area contributed by atoms with E-state index in [1.807, 2.05) is 18.2 Å². The first-order valence-corrected chi connectivity index (χ1v) is 5.59. The van der Waals surface area contributed by atoms with Crippen LogP contribution in [0.15, 0.2) is 36.0 Å². The van der Waals surface area contributed by atoms with Gasteiger partial charge < -0.3 is 14.3 Å². The maximum absolute atomic E-state index is 5.69. The number of ether oxygens (including phenoxy) is 2. The van der Waals surface area contributed by atoms with Crippen LogP contribution >= 0.6 is 0 Å². The van der Waals surface area contributed by atoms with Gasteiger partial charge in [-0.1, -0.05) is 17.8 Å². The van der Waals surface area contributed by atoms with Gasteiger partial charge in [-0.25, -0.2) is 0 Å². The van der Waals surface area contributed by atoms with Gasteiger partial charge in [0.2, 0.25) is 0 Å². The van der Waals surface area contributed by atoms with E-state index >= 15 is 0 Å². The molecule has 4 heteroatoms. The third-order valence-corrected chi connectivity index (χ3v) is 2.86. The van der Waals surface area contributed by atoms with E-state index < -0.39 is 0 Å². The normalized spacial score (nSPS) is 20.5. The van der Waals surface area contributed by atoms with Crippen LogP contribution in [0.3, 0.4) is 0 Å². The highest BCUT2D eigenvalue weighted by molar-refractivity contribution is 6.05. The van der Waals surface area contributed by atoms with Crippen molar-refractivity contribution in [2.45, 2.75) is 0 Å². The van der Waals surface area contributed by atoms with Gasteiger partial charge in [0.1, 0.15) is 37.0 Å². The summed E-state index contributed by atoms with van der Waals surface area (Å²) in [4.78, 5) is 5.11. The van der Waals surface area contributed by atoms with Crippen molar-refractivity contribution in [3.63, 3.8) is 0 Å². The Labute approximate surface area is 99.5 Å². The lowest BCUT2D eigenvalue weighted by Gasteiger charge is -2.21. The van der Waals surface area contributed by atoms with Crippen molar-refractivity contribution in [3.05, 3.63) is 36.4 Å². The van der Waals surface area contributed by atoms with Crippen LogP contribution in [0.1, 0.15) is 5.56 Å². The molecule has 0 spiro atoms. The van der Waals surface area contributed by atoms with E-state index in [9.17, 15) is 0 Å². The van der Waals surface area contributed by atoms with E-state index in [2.05, 4.69) is 11.7 Å². The number of hydrogen-bond acceptors (Lipinski definition) is 4. The molecule has 3 rings (SSSR count). The van der Waals surface area contributed by atoms with Gasteiger partial charge >= 0.3 is 0 Å². The Morgan fingerprint density at radius 1 is 1.47 bits per heavy atom. The largest absolute Gasteiger partial charge is 0.492 e. The Morgan fingerprint density at radius 2 is 2.41 bits per heavy atom. The monoisotopic (exact) mass is 231 g/mol. The summed E-state index contributed by atoms with van der Waals surface area (Å²) in [5.41, 5.74) is 1.99. The predicted octanol–water partition coefficient (Wildman–Crippen LogP) is 1.99. The first kappa shape index (κ1) is 10.2. The number of rotatable bonds is 3. The molecular formula is C13H13NO3. The summed E-state index contributed by atoms with van der Waals surface area (Å²) in [5, 5.41) is 4.07. The van der Waals surface area contributed by atoms with Crippen LogP contribution in [0, 0.1) is 5.92 Å². The van der Waals surface area contributed by atoms with Gasteiger partial charge in [-0.3, -0.25) is 0 Å². The standard InChI is InChI=1S/C13H13NO3/c1-2-5-15-10-3-4-11-12(6-10)16-7-9-8-17-14-13(9)11/h2-4,6,9H,1,5,7-8H2. The molecule has 1 atom stereocenters. The van der Waals surface area contributed by atoms with Crippen LogP contribution in [-0.2, 0) is 4.84 Å². The maximum Gasteiger partial charge on any atom is 0.132 e. The number of oxime groups is 1. The molecule has 1 aromatic rings. The molecular weight excluding hydrogens is 218 g/mol. The fraction of sp³-hybridized carbons (Fsp3) is 0.308. The summed E-state index contributed by atoms with van der Waals surface area (Å²) >= 11 is 0. The summed E-state index contributed by atoms with van der Waals surface area (Å²) in [6.07, 6.45) is 1.71. The van der Waals surface area contributed by atoms with E-state index in [1.165, 1.54) is 0 Å². The van der Waals surface area contributed by atoms with E-state index in [4.69, 9.17) is 14.3 Å². The minimum Gasteiger partial charge on any atom is -0.492 e. The smallest absolute Gasteiger partial charge is 0.132 e. The molecule has 0 saturated heterocycles. The lowest BCUT2D eigenvalue weighted by Crippen LogP contribution is -2.27. The maximum atomic E-state index is 5.69. The van der Waals surface area contributed by atoms with Crippen molar-refractivity contribution < 1.29 is 14.3 Å². The first-order valence-electron chi connectivity index (χ1n) is 5.59. The fourth-order valence-electron chi connectivity index (χ4n) is 2.02. The Kier molecular flexibility index (Phi) is 2.48. The molecule has 1 unspecified atom stereocenters. The summed E-state index contributed by atoms with van der Waals surface area (Å²) in [7, 11) is 0. The highest BCUT2D eigenvalue weighted by atomic mass is 16.6. The molecule has 0 N–H and O–H groups in total. The van der Waals surface area contributed by atoms with Gasteiger partial charge in [-0.2, -0.15) is 0 Å². The molecule has 17 heavy (non-hydrogen) atoms. The predicted molar refractivity (Wildman–Crippen MR) is 63.6 cm³/mol. The van der Waals surface area contributed by atoms with E-state index in [1.54, 1.807) is 6.08 Å². The number of nitrogens with zero attached hydrogens (tertiary/aromatic N) is 1. The second kappa shape index (κ2) is 4.13. The summed E-state index contributed by atoms with van der Waals surface area (Å²) < 4.78 is 11.2. The van der Waals surface area contributed by atoms with Crippen LogP contribution in [-0.4, -0.2) is 25.5 Å². The van der Waals surface area contributed by atoms with Gasteiger partial charge in [0, 0.05) is 11.6 Å². The zero-order valence-electron chi connectivity index (χ0n) is 9.39. The van der Waals surface area contributed by atoms with Crippen molar-refractivity contribution in [3.8, 4) is 11.5 Å². The fourth-order valence-corrected chi connectivity index (χ4v) is 2.02. The van der Waals surface area contributed by atoms with Gasteiger partial charge in [0.05, 0.1) is 5.92 Å². The lowest BCUT2D eigenvalue weighted by molar-refractivity contribution is 0.136. The van der Waals surface area contributed by atoms with Crippen LogP contribution in [0.5, 0.6) is 11.5 Å². The van der Waals surface area contributed by atoms with Crippen molar-refractivity contribution >= 4 is 5.71 Å². The molecule has 0 bridgehead atoms. The first-order chi connectivity index (χ1) is 8.38. The minimum atomic E-state index is 0.266. The Bertz CT molecular complexity index is 482. The van der Waals surface area contributed by atoms with E-state index in [0.717, 1.165) is 22.8 Å². The Morgan fingerprint density at radius 3 is 3.29 bits per heavy atom. The molecule has 0 aromatic heterocycles. The lowest BCUT2D eigenvalue weighted by atomic mass is 9.95. The second-order valence-corrected chi connectivity index (χ2v) is 4.04. The van der Waals surface area contributed by atoms with Gasteiger partial charge in [0.25, 0.3) is 0 Å². The third-order valence-electron chi connectivity index (χ3n) is 2.86. The molecule has 0 amide bonds. The highest BCUT2D eigenvalue weighted by Gasteiger charge is 2.32. The minimum absolute atomic E-state index is 0.266. The summed E-state index contributed by atoms with van der Waals surface area (Å²) in [5.74, 6) is 1.86. The number of fused-ring (bicyclic) bond motifs is 3. The van der Waals surface area contributed by atoms with Gasteiger partial charge in [-0.15, -0.1) is 0 Å². The molecule has 2 aliphatic rings. The summed E-state index contributed by atoms with van der Waals surface area (Å²) in [6, 6.07) is 5.76. The Hall–Kier alpha value is -1.97. The average Bonchev–Trinajstić information content (AvgIpc) is 2.84. The molecule has 2 heterocycles. The highest BCUT2D eigenvalue weighted by Crippen LogP contribution is 2.33. The van der Waals surface area contributed by atoms with Gasteiger partial charge in [-0.05, 0) is 12.1 Å². The van der Waals surface area contributed by atoms with Crippen LogP contribution in [0.4, 0.5) is 0 Å². The zero-order chi connectivity index (χ0) is 11.7. The molecule has 0 radical (unpaired) electrons. The van der Waals surface area contributed by atoms with Gasteiger partial charge in [0.15, 0.2) is 0 Å². The van der Waals surface area contributed by atoms with Crippen LogP contribution in [0.25, 0.3) is 0 Å². The van der Waals surface area contributed by atoms with E-state index in [-0.39, 0.29) is 5.92 Å². The molecule has 0 saturated carbocycles. The molecule has 2 aliphatic heterocycles. The number of hydrogen-bond donors (Lipinski definition) is 0. The van der Waals surface area contributed by atoms with E-state index in [0.29, 0.717) is 19.8 Å². The molecule has 4 nitrogen and oxygen atoms in total. The zero-order valence-corrected chi connectivity index (χ0v) is 9.39. The second-order valence-electron chi connectivity index (χ2n) is 4.04.